The van der Waals surface area contributed by atoms with Crippen molar-refractivity contribution in [2.45, 2.75) is 19.8 Å². The Hall–Kier alpha value is -2.37. The fraction of sp³-hybridized carbons (Fsp3) is 0.400. The largest absolute Gasteiger partial charge is 0.368 e. The number of carbonyl (C=O) groups is 1. The third-order valence-electron chi connectivity index (χ3n) is 3.23. The molecule has 3 N–H and O–H groups in total. The van der Waals surface area contributed by atoms with E-state index in [0.29, 0.717) is 5.95 Å². The number of anilines is 2. The molecule has 1 aromatic carbocycles. The molecule has 0 aliphatic carbocycles. The highest BCUT2D eigenvalue weighted by Crippen LogP contribution is 2.25. The molecule has 2 rings (SSSR count). The Kier molecular flexibility index (Phi) is 4.92. The molecule has 0 spiro atoms. The maximum absolute atomic E-state index is 11.4. The molecular weight excluding hydrogens is 266 g/mol. The van der Waals surface area contributed by atoms with Crippen LogP contribution in [0.2, 0.25) is 0 Å². The average molecular weight is 287 g/mol. The number of fused-ring (bicyclic) bond motifs is 1. The van der Waals surface area contributed by atoms with Crippen LogP contribution in [0.3, 0.4) is 0 Å². The van der Waals surface area contributed by atoms with E-state index in [1.807, 2.05) is 29.2 Å². The minimum atomic E-state index is -0.361. The Morgan fingerprint density at radius 3 is 2.76 bits per heavy atom. The molecular formula is C15H21N5O. The van der Waals surface area contributed by atoms with Crippen LogP contribution in [-0.2, 0) is 4.79 Å². The first-order valence-electron chi connectivity index (χ1n) is 7.13. The highest BCUT2D eigenvalue weighted by molar-refractivity contribution is 5.92. The standard InChI is InChI=1S/C15H21N5O/c1-3-4-9-20(10-13(16)21)14-11-7-5-6-8-12(11)18-15(17-2)19-14/h5-8H,3-4,9-10H2,1-2H3,(H2,16,21)(H,17,18,19). The van der Waals surface area contributed by atoms with Crippen molar-refractivity contribution in [1.82, 2.24) is 9.97 Å². The maximum atomic E-state index is 11.4. The zero-order valence-electron chi connectivity index (χ0n) is 12.5. The van der Waals surface area contributed by atoms with E-state index in [1.54, 1.807) is 7.05 Å². The van der Waals surface area contributed by atoms with Crippen molar-refractivity contribution in [3.8, 4) is 0 Å². The third-order valence-corrected chi connectivity index (χ3v) is 3.23. The number of unbranched alkanes of at least 4 members (excludes halogenated alkanes) is 1. The van der Waals surface area contributed by atoms with Crippen molar-refractivity contribution >= 4 is 28.6 Å². The van der Waals surface area contributed by atoms with Gasteiger partial charge in [-0.05, 0) is 18.6 Å². The van der Waals surface area contributed by atoms with Crippen LogP contribution >= 0.6 is 0 Å². The topological polar surface area (TPSA) is 84.1 Å². The Morgan fingerprint density at radius 1 is 1.33 bits per heavy atom. The van der Waals surface area contributed by atoms with Crippen LogP contribution in [0.5, 0.6) is 0 Å². The normalized spacial score (nSPS) is 10.6. The van der Waals surface area contributed by atoms with Crippen LogP contribution in [0.1, 0.15) is 19.8 Å². The molecule has 0 saturated heterocycles. The molecule has 0 unspecified atom stereocenters. The number of rotatable bonds is 7. The second kappa shape index (κ2) is 6.88. The summed E-state index contributed by atoms with van der Waals surface area (Å²) in [5.41, 5.74) is 6.22. The van der Waals surface area contributed by atoms with Gasteiger partial charge in [-0.1, -0.05) is 25.5 Å². The van der Waals surface area contributed by atoms with E-state index in [2.05, 4.69) is 22.2 Å². The van der Waals surface area contributed by atoms with Crippen LogP contribution in [0, 0.1) is 0 Å². The Balaban J connectivity index is 2.50. The van der Waals surface area contributed by atoms with E-state index in [0.717, 1.165) is 36.1 Å². The number of nitrogens with two attached hydrogens (primary N) is 1. The Labute approximate surface area is 124 Å². The molecule has 0 atom stereocenters. The summed E-state index contributed by atoms with van der Waals surface area (Å²) in [6.45, 7) is 3.01. The first-order chi connectivity index (χ1) is 10.2. The summed E-state index contributed by atoms with van der Waals surface area (Å²) in [5, 5.41) is 3.88. The average Bonchev–Trinajstić information content (AvgIpc) is 2.50. The van der Waals surface area contributed by atoms with Crippen LogP contribution in [0.25, 0.3) is 10.9 Å². The van der Waals surface area contributed by atoms with E-state index in [1.165, 1.54) is 0 Å². The lowest BCUT2D eigenvalue weighted by atomic mass is 10.2. The molecule has 112 valence electrons. The highest BCUT2D eigenvalue weighted by atomic mass is 16.1. The third kappa shape index (κ3) is 3.59. The van der Waals surface area contributed by atoms with E-state index in [9.17, 15) is 4.79 Å². The number of nitrogens with zero attached hydrogens (tertiary/aromatic N) is 3. The van der Waals surface area contributed by atoms with Gasteiger partial charge in [0.15, 0.2) is 0 Å². The zero-order chi connectivity index (χ0) is 15.2. The minimum absolute atomic E-state index is 0.157. The number of carbonyl (C=O) groups excluding carboxylic acids is 1. The fourth-order valence-electron chi connectivity index (χ4n) is 2.21. The number of para-hydroxylation sites is 1. The molecule has 0 fully saturated rings. The molecule has 0 saturated carbocycles. The predicted molar refractivity (Wildman–Crippen MR) is 85.4 cm³/mol. The van der Waals surface area contributed by atoms with Crippen molar-refractivity contribution in [3.63, 3.8) is 0 Å². The summed E-state index contributed by atoms with van der Waals surface area (Å²) >= 11 is 0. The molecule has 1 aromatic heterocycles. The molecule has 6 nitrogen and oxygen atoms in total. The van der Waals surface area contributed by atoms with Crippen molar-refractivity contribution in [2.75, 3.05) is 30.4 Å². The van der Waals surface area contributed by atoms with E-state index < -0.39 is 0 Å². The summed E-state index contributed by atoms with van der Waals surface area (Å²) in [6.07, 6.45) is 2.01. The highest BCUT2D eigenvalue weighted by Gasteiger charge is 2.15. The van der Waals surface area contributed by atoms with Crippen LogP contribution < -0.4 is 16.0 Å². The van der Waals surface area contributed by atoms with Crippen molar-refractivity contribution in [2.24, 2.45) is 5.73 Å². The minimum Gasteiger partial charge on any atom is -0.368 e. The molecule has 0 bridgehead atoms. The van der Waals surface area contributed by atoms with Gasteiger partial charge in [0.2, 0.25) is 11.9 Å². The number of hydrogen-bond acceptors (Lipinski definition) is 5. The van der Waals surface area contributed by atoms with Gasteiger partial charge in [-0.3, -0.25) is 4.79 Å². The monoisotopic (exact) mass is 287 g/mol. The summed E-state index contributed by atoms with van der Waals surface area (Å²) in [6, 6.07) is 7.77. The summed E-state index contributed by atoms with van der Waals surface area (Å²) in [5.74, 6) is 0.923. The molecule has 2 aromatic rings. The number of hydrogen-bond donors (Lipinski definition) is 2. The quantitative estimate of drug-likeness (QED) is 0.810. The van der Waals surface area contributed by atoms with Crippen molar-refractivity contribution in [3.05, 3.63) is 24.3 Å². The van der Waals surface area contributed by atoms with Gasteiger partial charge in [-0.2, -0.15) is 4.98 Å². The molecule has 0 aliphatic rings. The molecule has 21 heavy (non-hydrogen) atoms. The van der Waals surface area contributed by atoms with Crippen molar-refractivity contribution in [1.29, 1.82) is 0 Å². The van der Waals surface area contributed by atoms with Gasteiger partial charge in [0.05, 0.1) is 12.1 Å². The number of amides is 1. The molecule has 0 aliphatic heterocycles. The number of benzene rings is 1. The second-order valence-corrected chi connectivity index (χ2v) is 4.88. The number of primary amides is 1. The number of nitrogens with one attached hydrogen (secondary N) is 1. The van der Waals surface area contributed by atoms with E-state index in [-0.39, 0.29) is 12.5 Å². The SMILES string of the molecule is CCCCN(CC(N)=O)c1nc(NC)nc2ccccc12. The fourth-order valence-corrected chi connectivity index (χ4v) is 2.21. The van der Waals surface area contributed by atoms with Gasteiger partial charge in [0.25, 0.3) is 0 Å². The van der Waals surface area contributed by atoms with Crippen LogP contribution in [0.15, 0.2) is 24.3 Å². The van der Waals surface area contributed by atoms with Crippen molar-refractivity contribution < 1.29 is 4.79 Å². The van der Waals surface area contributed by atoms with Gasteiger partial charge in [0, 0.05) is 19.0 Å². The summed E-state index contributed by atoms with van der Waals surface area (Å²) in [4.78, 5) is 22.2. The molecule has 1 heterocycles. The smallest absolute Gasteiger partial charge is 0.236 e. The Morgan fingerprint density at radius 2 is 2.10 bits per heavy atom. The molecule has 6 heteroatoms. The molecule has 0 radical (unpaired) electrons. The van der Waals surface area contributed by atoms with Gasteiger partial charge in [-0.25, -0.2) is 4.98 Å². The second-order valence-electron chi connectivity index (χ2n) is 4.88. The van der Waals surface area contributed by atoms with Crippen LogP contribution in [0.4, 0.5) is 11.8 Å². The van der Waals surface area contributed by atoms with E-state index >= 15 is 0 Å². The lowest BCUT2D eigenvalue weighted by Crippen LogP contribution is -2.35. The maximum Gasteiger partial charge on any atom is 0.236 e. The lowest BCUT2D eigenvalue weighted by molar-refractivity contribution is -0.116. The lowest BCUT2D eigenvalue weighted by Gasteiger charge is -2.23. The number of aromatic nitrogens is 2. The van der Waals surface area contributed by atoms with Gasteiger partial charge >= 0.3 is 0 Å². The zero-order valence-corrected chi connectivity index (χ0v) is 12.5. The van der Waals surface area contributed by atoms with Gasteiger partial charge in [0.1, 0.15) is 5.82 Å². The molecule has 1 amide bonds. The first kappa shape index (κ1) is 15.0. The first-order valence-corrected chi connectivity index (χ1v) is 7.13. The summed E-state index contributed by atoms with van der Waals surface area (Å²) < 4.78 is 0. The predicted octanol–water partition coefficient (Wildman–Crippen LogP) is 1.76. The van der Waals surface area contributed by atoms with Gasteiger partial charge in [-0.15, -0.1) is 0 Å². The van der Waals surface area contributed by atoms with Crippen LogP contribution in [-0.4, -0.2) is 36.0 Å². The summed E-state index contributed by atoms with van der Waals surface area (Å²) in [7, 11) is 1.78. The van der Waals surface area contributed by atoms with Gasteiger partial charge < -0.3 is 16.0 Å². The Bertz CT molecular complexity index is 628. The van der Waals surface area contributed by atoms with E-state index in [4.69, 9.17) is 5.73 Å².